The lowest BCUT2D eigenvalue weighted by molar-refractivity contribution is -0.113. The van der Waals surface area contributed by atoms with Crippen molar-refractivity contribution < 1.29 is 4.79 Å². The summed E-state index contributed by atoms with van der Waals surface area (Å²) in [5.74, 6) is -0.429. The van der Waals surface area contributed by atoms with Gasteiger partial charge in [0.05, 0.1) is 0 Å². The van der Waals surface area contributed by atoms with Crippen LogP contribution in [0.1, 0.15) is 5.56 Å². The van der Waals surface area contributed by atoms with Crippen LogP contribution in [0.3, 0.4) is 0 Å². The summed E-state index contributed by atoms with van der Waals surface area (Å²) in [5.41, 5.74) is 7.08. The van der Waals surface area contributed by atoms with E-state index < -0.39 is 5.91 Å². The maximum Gasteiger partial charge on any atom is 0.241 e. The summed E-state index contributed by atoms with van der Waals surface area (Å²) >= 11 is 0. The number of nitrogens with zero attached hydrogens (tertiary/aromatic N) is 1. The third-order valence-corrected chi connectivity index (χ3v) is 1.85. The van der Waals surface area contributed by atoms with Gasteiger partial charge in [-0.15, -0.1) is 0 Å². The van der Waals surface area contributed by atoms with Gasteiger partial charge in [0, 0.05) is 25.9 Å². The van der Waals surface area contributed by atoms with Gasteiger partial charge in [0.2, 0.25) is 5.91 Å². The molecule has 3 heteroatoms. The van der Waals surface area contributed by atoms with Crippen LogP contribution in [-0.2, 0) is 4.79 Å². The third-order valence-electron chi connectivity index (χ3n) is 1.85. The molecular formula is C11H14N2O. The highest BCUT2D eigenvalue weighted by Gasteiger charge is 1.93. The Hall–Kier alpha value is -1.77. The average molecular weight is 190 g/mol. The molecule has 0 saturated carbocycles. The number of benzene rings is 1. The molecule has 1 aromatic rings. The minimum Gasteiger partial charge on any atom is -0.378 e. The van der Waals surface area contributed by atoms with Gasteiger partial charge in [-0.25, -0.2) is 0 Å². The summed E-state index contributed by atoms with van der Waals surface area (Å²) in [6.07, 6.45) is 3.05. The van der Waals surface area contributed by atoms with Crippen molar-refractivity contribution >= 4 is 17.7 Å². The first kappa shape index (κ1) is 10.3. The van der Waals surface area contributed by atoms with Gasteiger partial charge in [-0.1, -0.05) is 12.1 Å². The van der Waals surface area contributed by atoms with E-state index in [-0.39, 0.29) is 0 Å². The molecule has 0 aliphatic heterocycles. The molecule has 0 spiro atoms. The van der Waals surface area contributed by atoms with Crippen LogP contribution in [0.15, 0.2) is 30.3 Å². The molecule has 3 nitrogen and oxygen atoms in total. The molecule has 0 aromatic heterocycles. The maximum absolute atomic E-state index is 10.5. The molecule has 1 rings (SSSR count). The second-order valence-electron chi connectivity index (χ2n) is 3.22. The number of hydrogen-bond donors (Lipinski definition) is 1. The Balaban J connectivity index is 2.78. The molecule has 0 aliphatic rings. The smallest absolute Gasteiger partial charge is 0.241 e. The fraction of sp³-hybridized carbons (Fsp3) is 0.182. The number of anilines is 1. The van der Waals surface area contributed by atoms with Crippen LogP contribution in [0.5, 0.6) is 0 Å². The van der Waals surface area contributed by atoms with E-state index >= 15 is 0 Å². The average Bonchev–Trinajstić information content (AvgIpc) is 2.15. The van der Waals surface area contributed by atoms with E-state index in [1.165, 1.54) is 6.08 Å². The van der Waals surface area contributed by atoms with Gasteiger partial charge in [-0.2, -0.15) is 0 Å². The largest absolute Gasteiger partial charge is 0.378 e. The second kappa shape index (κ2) is 4.46. The second-order valence-corrected chi connectivity index (χ2v) is 3.22. The monoisotopic (exact) mass is 190 g/mol. The van der Waals surface area contributed by atoms with Crippen molar-refractivity contribution in [2.24, 2.45) is 5.73 Å². The first-order valence-electron chi connectivity index (χ1n) is 4.34. The van der Waals surface area contributed by atoms with Gasteiger partial charge in [0.25, 0.3) is 0 Å². The molecule has 0 radical (unpaired) electrons. The van der Waals surface area contributed by atoms with Crippen LogP contribution in [-0.4, -0.2) is 20.0 Å². The van der Waals surface area contributed by atoms with E-state index in [2.05, 4.69) is 0 Å². The number of carbonyl (C=O) groups is 1. The summed E-state index contributed by atoms with van der Waals surface area (Å²) in [4.78, 5) is 12.5. The van der Waals surface area contributed by atoms with E-state index in [0.717, 1.165) is 11.3 Å². The SMILES string of the molecule is CN(C)c1ccc(/C=C/C(N)=O)cc1. The Labute approximate surface area is 83.8 Å². The summed E-state index contributed by atoms with van der Waals surface area (Å²) in [6, 6.07) is 7.85. The fourth-order valence-corrected chi connectivity index (χ4v) is 1.06. The first-order chi connectivity index (χ1) is 6.59. The maximum atomic E-state index is 10.5. The molecule has 0 aliphatic carbocycles. The Morgan fingerprint density at radius 2 is 1.86 bits per heavy atom. The zero-order chi connectivity index (χ0) is 10.6. The molecule has 2 N–H and O–H groups in total. The third kappa shape index (κ3) is 2.94. The van der Waals surface area contributed by atoms with E-state index in [1.807, 2.05) is 43.3 Å². The Kier molecular flexibility index (Phi) is 3.29. The molecule has 0 heterocycles. The highest BCUT2D eigenvalue weighted by molar-refractivity contribution is 5.90. The summed E-state index contributed by atoms with van der Waals surface area (Å²) in [7, 11) is 3.96. The number of primary amides is 1. The van der Waals surface area contributed by atoms with Crippen molar-refractivity contribution in [2.45, 2.75) is 0 Å². The van der Waals surface area contributed by atoms with Crippen molar-refractivity contribution in [1.29, 1.82) is 0 Å². The molecule has 74 valence electrons. The lowest BCUT2D eigenvalue weighted by Gasteiger charge is -2.11. The topological polar surface area (TPSA) is 46.3 Å². The minimum absolute atomic E-state index is 0.429. The number of nitrogens with two attached hydrogens (primary N) is 1. The number of rotatable bonds is 3. The standard InChI is InChI=1S/C11H14N2O/c1-13(2)10-6-3-9(4-7-10)5-8-11(12)14/h3-8H,1-2H3,(H2,12,14)/b8-5+. The lowest BCUT2D eigenvalue weighted by Crippen LogP contribution is -2.08. The van der Waals surface area contributed by atoms with E-state index in [9.17, 15) is 4.79 Å². The Bertz CT molecular complexity index is 339. The van der Waals surface area contributed by atoms with Gasteiger partial charge in [0.1, 0.15) is 0 Å². The number of hydrogen-bond acceptors (Lipinski definition) is 2. The predicted octanol–water partition coefficient (Wildman–Crippen LogP) is 1.25. The van der Waals surface area contributed by atoms with Crippen LogP contribution in [0.25, 0.3) is 6.08 Å². The zero-order valence-electron chi connectivity index (χ0n) is 8.40. The lowest BCUT2D eigenvalue weighted by atomic mass is 10.2. The van der Waals surface area contributed by atoms with Crippen molar-refractivity contribution in [3.05, 3.63) is 35.9 Å². The van der Waals surface area contributed by atoms with Crippen LogP contribution in [0.2, 0.25) is 0 Å². The van der Waals surface area contributed by atoms with Crippen molar-refractivity contribution in [3.63, 3.8) is 0 Å². The highest BCUT2D eigenvalue weighted by atomic mass is 16.1. The van der Waals surface area contributed by atoms with Crippen LogP contribution >= 0.6 is 0 Å². The molecular weight excluding hydrogens is 176 g/mol. The molecule has 0 bridgehead atoms. The molecule has 0 atom stereocenters. The first-order valence-corrected chi connectivity index (χ1v) is 4.34. The molecule has 1 aromatic carbocycles. The highest BCUT2D eigenvalue weighted by Crippen LogP contribution is 2.12. The predicted molar refractivity (Wildman–Crippen MR) is 59.0 cm³/mol. The van der Waals surface area contributed by atoms with Crippen molar-refractivity contribution in [2.75, 3.05) is 19.0 Å². The quantitative estimate of drug-likeness (QED) is 0.729. The van der Waals surface area contributed by atoms with Gasteiger partial charge >= 0.3 is 0 Å². The van der Waals surface area contributed by atoms with E-state index in [0.29, 0.717) is 0 Å². The van der Waals surface area contributed by atoms with Gasteiger partial charge in [-0.05, 0) is 23.8 Å². The normalized spacial score (nSPS) is 10.4. The van der Waals surface area contributed by atoms with Gasteiger partial charge < -0.3 is 10.6 Å². The molecule has 0 fully saturated rings. The summed E-state index contributed by atoms with van der Waals surface area (Å²) < 4.78 is 0. The number of carbonyl (C=O) groups excluding carboxylic acids is 1. The number of amides is 1. The van der Waals surface area contributed by atoms with E-state index in [1.54, 1.807) is 6.08 Å². The van der Waals surface area contributed by atoms with Crippen LogP contribution in [0, 0.1) is 0 Å². The van der Waals surface area contributed by atoms with Crippen LogP contribution < -0.4 is 10.6 Å². The molecule has 0 unspecified atom stereocenters. The van der Waals surface area contributed by atoms with Crippen molar-refractivity contribution in [3.8, 4) is 0 Å². The summed E-state index contributed by atoms with van der Waals surface area (Å²) in [6.45, 7) is 0. The zero-order valence-corrected chi connectivity index (χ0v) is 8.40. The Morgan fingerprint density at radius 3 is 2.29 bits per heavy atom. The fourth-order valence-electron chi connectivity index (χ4n) is 1.06. The Morgan fingerprint density at radius 1 is 1.29 bits per heavy atom. The molecule has 1 amide bonds. The summed E-state index contributed by atoms with van der Waals surface area (Å²) in [5, 5.41) is 0. The molecule has 0 saturated heterocycles. The van der Waals surface area contributed by atoms with Crippen molar-refractivity contribution in [1.82, 2.24) is 0 Å². The van der Waals surface area contributed by atoms with Crippen LogP contribution in [0.4, 0.5) is 5.69 Å². The van der Waals surface area contributed by atoms with Gasteiger partial charge in [-0.3, -0.25) is 4.79 Å². The van der Waals surface area contributed by atoms with Gasteiger partial charge in [0.15, 0.2) is 0 Å². The minimum atomic E-state index is -0.429. The molecule has 14 heavy (non-hydrogen) atoms. The van der Waals surface area contributed by atoms with E-state index in [4.69, 9.17) is 5.73 Å².